The van der Waals surface area contributed by atoms with E-state index >= 15 is 0 Å². The van der Waals surface area contributed by atoms with Crippen LogP contribution >= 0.6 is 15.9 Å². The maximum atomic E-state index is 10.7. The summed E-state index contributed by atoms with van der Waals surface area (Å²) in [6, 6.07) is 0.687. The Morgan fingerprint density at radius 2 is 1.47 bits per heavy atom. The Kier molecular flexibility index (Phi) is 3.36. The van der Waals surface area contributed by atoms with Crippen LogP contribution in [0.2, 0.25) is 0 Å². The van der Waals surface area contributed by atoms with Crippen LogP contribution in [0.15, 0.2) is 10.5 Å². The third-order valence-electron chi connectivity index (χ3n) is 2.02. The van der Waals surface area contributed by atoms with Gasteiger partial charge in [-0.2, -0.15) is 0 Å². The Labute approximate surface area is 102 Å². The van der Waals surface area contributed by atoms with Crippen molar-refractivity contribution in [3.05, 3.63) is 46.4 Å². The summed E-state index contributed by atoms with van der Waals surface area (Å²) in [6.07, 6.45) is 0. The van der Waals surface area contributed by atoms with Gasteiger partial charge < -0.3 is 0 Å². The van der Waals surface area contributed by atoms with Crippen molar-refractivity contribution in [2.45, 2.75) is 6.92 Å². The minimum atomic E-state index is -0.927. The van der Waals surface area contributed by atoms with Crippen LogP contribution in [0.3, 0.4) is 0 Å². The molecule has 1 aromatic rings. The average molecular weight is 306 g/mol. The van der Waals surface area contributed by atoms with Gasteiger partial charge in [0.1, 0.15) is 5.56 Å². The molecule has 0 radical (unpaired) electrons. The standard InChI is InChI=1S/C7H4BrN3O6/c1-3-4(9(12)13)2-5(10(14)15)6(8)7(3)11(16)17/h2H,1H3. The van der Waals surface area contributed by atoms with Gasteiger partial charge in [-0.1, -0.05) is 0 Å². The number of hydrogen-bond donors (Lipinski definition) is 0. The van der Waals surface area contributed by atoms with Crippen molar-refractivity contribution < 1.29 is 14.8 Å². The topological polar surface area (TPSA) is 129 Å². The van der Waals surface area contributed by atoms with Crippen molar-refractivity contribution >= 4 is 33.0 Å². The predicted octanol–water partition coefficient (Wildman–Crippen LogP) is 2.48. The number of nitrogens with zero attached hydrogens (tertiary/aromatic N) is 3. The Hall–Kier alpha value is -2.10. The monoisotopic (exact) mass is 305 g/mol. The number of hydrogen-bond acceptors (Lipinski definition) is 6. The van der Waals surface area contributed by atoms with E-state index in [-0.39, 0.29) is 10.0 Å². The van der Waals surface area contributed by atoms with E-state index in [0.717, 1.165) is 6.92 Å². The first-order valence-corrected chi connectivity index (χ1v) is 4.83. The summed E-state index contributed by atoms with van der Waals surface area (Å²) < 4.78 is -0.379. The van der Waals surface area contributed by atoms with E-state index in [4.69, 9.17) is 0 Å². The SMILES string of the molecule is Cc1c([N+](=O)[O-])cc([N+](=O)[O-])c(Br)c1[N+](=O)[O-]. The highest BCUT2D eigenvalue weighted by Gasteiger charge is 2.33. The van der Waals surface area contributed by atoms with E-state index in [1.807, 2.05) is 0 Å². The molecule has 1 rings (SSSR count). The van der Waals surface area contributed by atoms with Crippen molar-refractivity contribution in [2.24, 2.45) is 0 Å². The summed E-state index contributed by atoms with van der Waals surface area (Å²) in [4.78, 5) is 29.2. The van der Waals surface area contributed by atoms with Crippen LogP contribution in [-0.4, -0.2) is 14.8 Å². The molecule has 0 bridgehead atoms. The molecule has 0 fully saturated rings. The van der Waals surface area contributed by atoms with Crippen LogP contribution in [0.4, 0.5) is 17.1 Å². The average Bonchev–Trinajstić information content (AvgIpc) is 2.15. The number of nitro benzene ring substituents is 3. The molecular formula is C7H4BrN3O6. The first-order valence-electron chi connectivity index (χ1n) is 4.03. The molecule has 0 aliphatic rings. The second-order valence-electron chi connectivity index (χ2n) is 2.97. The van der Waals surface area contributed by atoms with Crippen LogP contribution in [-0.2, 0) is 0 Å². The largest absolute Gasteiger partial charge is 0.300 e. The summed E-state index contributed by atoms with van der Waals surface area (Å²) in [5.41, 5.74) is -2.29. The summed E-state index contributed by atoms with van der Waals surface area (Å²) >= 11 is 2.71. The summed E-state index contributed by atoms with van der Waals surface area (Å²) in [6.45, 7) is 1.16. The van der Waals surface area contributed by atoms with Crippen LogP contribution in [0, 0.1) is 37.3 Å². The molecule has 90 valence electrons. The van der Waals surface area contributed by atoms with Crippen molar-refractivity contribution in [1.29, 1.82) is 0 Å². The lowest BCUT2D eigenvalue weighted by molar-refractivity contribution is -0.405. The zero-order valence-electron chi connectivity index (χ0n) is 8.25. The third kappa shape index (κ3) is 2.20. The Morgan fingerprint density at radius 1 is 1.00 bits per heavy atom. The smallest absolute Gasteiger partial charge is 0.258 e. The van der Waals surface area contributed by atoms with Crippen molar-refractivity contribution in [3.63, 3.8) is 0 Å². The van der Waals surface area contributed by atoms with Crippen LogP contribution in [0.1, 0.15) is 5.56 Å². The van der Waals surface area contributed by atoms with Gasteiger partial charge in [-0.3, -0.25) is 30.3 Å². The van der Waals surface area contributed by atoms with Gasteiger partial charge in [-0.05, 0) is 22.9 Å². The molecule has 0 saturated heterocycles. The van der Waals surface area contributed by atoms with Gasteiger partial charge in [-0.15, -0.1) is 0 Å². The normalized spacial score (nSPS) is 10.0. The molecule has 10 heteroatoms. The molecule has 0 unspecified atom stereocenters. The molecular weight excluding hydrogens is 302 g/mol. The number of nitro groups is 3. The first kappa shape index (κ1) is 13.0. The quantitative estimate of drug-likeness (QED) is 0.623. The highest BCUT2D eigenvalue weighted by atomic mass is 79.9. The molecule has 0 heterocycles. The Bertz CT molecular complexity index is 505. The van der Waals surface area contributed by atoms with Gasteiger partial charge in [0.25, 0.3) is 17.1 Å². The second kappa shape index (κ2) is 4.41. The van der Waals surface area contributed by atoms with Crippen LogP contribution in [0.25, 0.3) is 0 Å². The summed E-state index contributed by atoms with van der Waals surface area (Å²) in [5, 5.41) is 32.0. The van der Waals surface area contributed by atoms with Gasteiger partial charge in [0.15, 0.2) is 4.47 Å². The zero-order valence-corrected chi connectivity index (χ0v) is 9.83. The summed E-state index contributed by atoms with van der Waals surface area (Å²) in [5.74, 6) is 0. The Morgan fingerprint density at radius 3 is 1.82 bits per heavy atom. The highest BCUT2D eigenvalue weighted by molar-refractivity contribution is 9.10. The molecule has 1 aromatic carbocycles. The maximum absolute atomic E-state index is 10.7. The van der Waals surface area contributed by atoms with Gasteiger partial charge in [0, 0.05) is 0 Å². The summed E-state index contributed by atoms with van der Waals surface area (Å²) in [7, 11) is 0. The fourth-order valence-corrected chi connectivity index (χ4v) is 1.95. The number of benzene rings is 1. The molecule has 0 spiro atoms. The van der Waals surface area contributed by atoms with Crippen molar-refractivity contribution in [1.82, 2.24) is 0 Å². The molecule has 0 amide bonds. The molecule has 0 aliphatic carbocycles. The van der Waals surface area contributed by atoms with Crippen LogP contribution < -0.4 is 0 Å². The molecule has 0 saturated carbocycles. The van der Waals surface area contributed by atoms with Crippen molar-refractivity contribution in [3.8, 4) is 0 Å². The minimum absolute atomic E-state index is 0.238. The molecule has 0 aliphatic heterocycles. The van der Waals surface area contributed by atoms with Crippen LogP contribution in [0.5, 0.6) is 0 Å². The second-order valence-corrected chi connectivity index (χ2v) is 3.77. The van der Waals surface area contributed by atoms with Gasteiger partial charge >= 0.3 is 0 Å². The van der Waals surface area contributed by atoms with Crippen molar-refractivity contribution in [2.75, 3.05) is 0 Å². The third-order valence-corrected chi connectivity index (χ3v) is 2.80. The van der Waals surface area contributed by atoms with Gasteiger partial charge in [0.2, 0.25) is 0 Å². The van der Waals surface area contributed by atoms with E-state index in [2.05, 4.69) is 15.9 Å². The lowest BCUT2D eigenvalue weighted by Crippen LogP contribution is -2.02. The van der Waals surface area contributed by atoms with E-state index in [9.17, 15) is 30.3 Å². The molecule has 0 aromatic heterocycles. The van der Waals surface area contributed by atoms with E-state index < -0.39 is 31.8 Å². The lowest BCUT2D eigenvalue weighted by Gasteiger charge is -2.02. The fraction of sp³-hybridized carbons (Fsp3) is 0.143. The predicted molar refractivity (Wildman–Crippen MR) is 58.8 cm³/mol. The van der Waals surface area contributed by atoms with E-state index in [1.165, 1.54) is 0 Å². The maximum Gasteiger partial charge on any atom is 0.300 e. The number of rotatable bonds is 3. The molecule has 0 N–H and O–H groups in total. The Balaban J connectivity index is 3.76. The highest BCUT2D eigenvalue weighted by Crippen LogP contribution is 2.41. The van der Waals surface area contributed by atoms with Gasteiger partial charge in [-0.25, -0.2) is 0 Å². The molecule has 0 atom stereocenters. The van der Waals surface area contributed by atoms with E-state index in [0.29, 0.717) is 6.07 Å². The minimum Gasteiger partial charge on any atom is -0.258 e. The van der Waals surface area contributed by atoms with Gasteiger partial charge in [0.05, 0.1) is 20.8 Å². The van der Waals surface area contributed by atoms with E-state index in [1.54, 1.807) is 0 Å². The number of halogens is 1. The fourth-order valence-electron chi connectivity index (χ4n) is 1.25. The zero-order chi connectivity index (χ0) is 13.3. The lowest BCUT2D eigenvalue weighted by atomic mass is 10.1. The first-order chi connectivity index (χ1) is 7.77. The molecule has 9 nitrogen and oxygen atoms in total. The molecule has 17 heavy (non-hydrogen) atoms.